The van der Waals surface area contributed by atoms with Gasteiger partial charge in [-0.15, -0.1) is 0 Å². The molecule has 1 aromatic rings. The summed E-state index contributed by atoms with van der Waals surface area (Å²) in [6.07, 6.45) is 5.04. The van der Waals surface area contributed by atoms with E-state index in [2.05, 4.69) is 5.32 Å². The normalized spacial score (nSPS) is 20.8. The molecule has 0 radical (unpaired) electrons. The summed E-state index contributed by atoms with van der Waals surface area (Å²) in [6, 6.07) is 5.67. The Balaban J connectivity index is 1.79. The van der Waals surface area contributed by atoms with E-state index in [-0.39, 0.29) is 30.7 Å². The first-order valence-corrected chi connectivity index (χ1v) is 7.52. The molecule has 3 rings (SSSR count). The zero-order valence-corrected chi connectivity index (χ0v) is 12.5. The minimum atomic E-state index is -0.330. The standard InChI is InChI=1S/C16H21N3O3/c1-10(9-20)22-14-5-4-12-7-15(18-8-13(12)6-14)19(17)16(21)11-2-3-11/h4-8,10-11,15,18,20H,2-3,9,17H2,1H3/t10-,15?/m1/s1. The average molecular weight is 303 g/mol. The van der Waals surface area contributed by atoms with E-state index >= 15 is 0 Å². The fourth-order valence-electron chi connectivity index (χ4n) is 2.40. The van der Waals surface area contributed by atoms with Gasteiger partial charge in [0.2, 0.25) is 5.91 Å². The summed E-state index contributed by atoms with van der Waals surface area (Å²) in [4.78, 5) is 12.0. The second-order valence-corrected chi connectivity index (χ2v) is 5.84. The van der Waals surface area contributed by atoms with Gasteiger partial charge in [0.1, 0.15) is 18.0 Å². The molecule has 2 atom stereocenters. The largest absolute Gasteiger partial charge is 0.488 e. The SMILES string of the molecule is C[C@H](CO)Oc1ccc2c(c1)=CNC(N(N)C(=O)C1CC1)C=2. The smallest absolute Gasteiger partial charge is 0.241 e. The number of carbonyl (C=O) groups excluding carboxylic acids is 1. The Morgan fingerprint density at radius 1 is 1.50 bits per heavy atom. The van der Waals surface area contributed by atoms with Crippen LogP contribution in [0.2, 0.25) is 0 Å². The highest BCUT2D eigenvalue weighted by molar-refractivity contribution is 5.81. The summed E-state index contributed by atoms with van der Waals surface area (Å²) >= 11 is 0. The number of nitrogens with one attached hydrogen (secondary N) is 1. The summed E-state index contributed by atoms with van der Waals surface area (Å²) in [5.41, 5.74) is 0. The molecule has 1 saturated carbocycles. The first kappa shape index (κ1) is 14.9. The van der Waals surface area contributed by atoms with Gasteiger partial charge in [0.05, 0.1) is 6.61 Å². The molecule has 0 aromatic heterocycles. The number of nitrogens with two attached hydrogens (primary N) is 1. The molecule has 0 bridgehead atoms. The minimum absolute atomic E-state index is 0.0117. The van der Waals surface area contributed by atoms with Gasteiger partial charge in [-0.05, 0) is 43.2 Å². The summed E-state index contributed by atoms with van der Waals surface area (Å²) in [5, 5.41) is 15.4. The van der Waals surface area contributed by atoms with Crippen LogP contribution in [0.4, 0.5) is 0 Å². The average Bonchev–Trinajstić information content (AvgIpc) is 3.37. The van der Waals surface area contributed by atoms with Gasteiger partial charge in [0.15, 0.2) is 0 Å². The lowest BCUT2D eigenvalue weighted by Crippen LogP contribution is -2.54. The number of amides is 1. The molecule has 4 N–H and O–H groups in total. The maximum Gasteiger partial charge on any atom is 0.241 e. The molecular formula is C16H21N3O3. The van der Waals surface area contributed by atoms with Crippen molar-refractivity contribution in [1.29, 1.82) is 0 Å². The number of carbonyl (C=O) groups is 1. The number of aliphatic hydroxyl groups excluding tert-OH is 1. The van der Waals surface area contributed by atoms with Crippen LogP contribution in [0.5, 0.6) is 5.75 Å². The Morgan fingerprint density at radius 3 is 2.95 bits per heavy atom. The van der Waals surface area contributed by atoms with E-state index in [1.54, 1.807) is 6.92 Å². The Morgan fingerprint density at radius 2 is 2.27 bits per heavy atom. The van der Waals surface area contributed by atoms with Crippen LogP contribution in [-0.2, 0) is 4.79 Å². The van der Waals surface area contributed by atoms with Crippen molar-refractivity contribution in [3.63, 3.8) is 0 Å². The van der Waals surface area contributed by atoms with Crippen LogP contribution in [0.3, 0.4) is 0 Å². The fraction of sp³-hybridized carbons (Fsp3) is 0.438. The third-order valence-corrected chi connectivity index (χ3v) is 3.88. The lowest BCUT2D eigenvalue weighted by atomic mass is 10.1. The summed E-state index contributed by atoms with van der Waals surface area (Å²) in [5.74, 6) is 6.70. The van der Waals surface area contributed by atoms with Crippen molar-refractivity contribution >= 4 is 18.2 Å². The number of ether oxygens (including phenoxy) is 1. The number of benzene rings is 1. The van der Waals surface area contributed by atoms with Crippen LogP contribution in [0.1, 0.15) is 19.8 Å². The molecule has 1 aliphatic carbocycles. The van der Waals surface area contributed by atoms with Crippen LogP contribution in [0, 0.1) is 5.92 Å². The number of hydrogen-bond donors (Lipinski definition) is 3. The summed E-state index contributed by atoms with van der Waals surface area (Å²) < 4.78 is 5.58. The number of rotatable bonds is 5. The maximum atomic E-state index is 12.0. The third-order valence-electron chi connectivity index (χ3n) is 3.88. The Kier molecular flexibility index (Phi) is 4.04. The predicted octanol–water partition coefficient (Wildman–Crippen LogP) is -0.994. The van der Waals surface area contributed by atoms with Crippen molar-refractivity contribution in [1.82, 2.24) is 10.3 Å². The highest BCUT2D eigenvalue weighted by Gasteiger charge is 2.34. The van der Waals surface area contributed by atoms with Crippen LogP contribution in [0.15, 0.2) is 18.2 Å². The second kappa shape index (κ2) is 5.98. The van der Waals surface area contributed by atoms with Crippen LogP contribution >= 0.6 is 0 Å². The number of hydrazine groups is 1. The molecule has 22 heavy (non-hydrogen) atoms. The van der Waals surface area contributed by atoms with E-state index in [0.717, 1.165) is 23.3 Å². The van der Waals surface area contributed by atoms with Crippen molar-refractivity contribution in [2.45, 2.75) is 32.0 Å². The molecule has 6 nitrogen and oxygen atoms in total. The van der Waals surface area contributed by atoms with Gasteiger partial charge in [-0.2, -0.15) is 0 Å². The molecule has 0 spiro atoms. The molecule has 0 saturated heterocycles. The molecule has 6 heteroatoms. The zero-order chi connectivity index (χ0) is 15.7. The van der Waals surface area contributed by atoms with Crippen molar-refractivity contribution in [2.24, 2.45) is 11.8 Å². The maximum absolute atomic E-state index is 12.0. The van der Waals surface area contributed by atoms with Gasteiger partial charge >= 0.3 is 0 Å². The minimum Gasteiger partial charge on any atom is -0.488 e. The van der Waals surface area contributed by atoms with E-state index in [0.29, 0.717) is 5.75 Å². The lowest BCUT2D eigenvalue weighted by Gasteiger charge is -2.27. The number of aliphatic hydroxyl groups is 1. The monoisotopic (exact) mass is 303 g/mol. The predicted molar refractivity (Wildman–Crippen MR) is 82.5 cm³/mol. The first-order valence-electron chi connectivity index (χ1n) is 7.52. The van der Waals surface area contributed by atoms with Gasteiger partial charge in [0.25, 0.3) is 0 Å². The molecular weight excluding hydrogens is 282 g/mol. The van der Waals surface area contributed by atoms with Crippen molar-refractivity contribution in [3.8, 4) is 5.75 Å². The topological polar surface area (TPSA) is 87.8 Å². The molecule has 1 amide bonds. The molecule has 1 heterocycles. The number of nitrogens with zero attached hydrogens (tertiary/aromatic N) is 1. The van der Waals surface area contributed by atoms with E-state index in [9.17, 15) is 4.79 Å². The fourth-order valence-corrected chi connectivity index (χ4v) is 2.40. The van der Waals surface area contributed by atoms with Crippen LogP contribution in [-0.4, -0.2) is 34.9 Å². The molecule has 1 unspecified atom stereocenters. The summed E-state index contributed by atoms with van der Waals surface area (Å²) in [7, 11) is 0. The summed E-state index contributed by atoms with van der Waals surface area (Å²) in [6.45, 7) is 1.78. The van der Waals surface area contributed by atoms with Crippen molar-refractivity contribution < 1.29 is 14.6 Å². The Hall–Kier alpha value is -2.05. The number of fused-ring (bicyclic) bond motifs is 1. The highest BCUT2D eigenvalue weighted by Crippen LogP contribution is 2.30. The van der Waals surface area contributed by atoms with Gasteiger partial charge in [-0.25, -0.2) is 5.84 Å². The van der Waals surface area contributed by atoms with E-state index in [1.807, 2.05) is 30.5 Å². The zero-order valence-electron chi connectivity index (χ0n) is 12.5. The Bertz CT molecular complexity index is 684. The second-order valence-electron chi connectivity index (χ2n) is 5.84. The van der Waals surface area contributed by atoms with Gasteiger partial charge < -0.3 is 15.2 Å². The third kappa shape index (κ3) is 3.08. The lowest BCUT2D eigenvalue weighted by molar-refractivity contribution is -0.134. The molecule has 2 aliphatic rings. The number of hydrogen-bond acceptors (Lipinski definition) is 5. The first-order chi connectivity index (χ1) is 10.6. The molecule has 1 fully saturated rings. The van der Waals surface area contributed by atoms with Crippen LogP contribution < -0.4 is 26.3 Å². The van der Waals surface area contributed by atoms with E-state index in [4.69, 9.17) is 15.7 Å². The highest BCUT2D eigenvalue weighted by atomic mass is 16.5. The molecule has 1 aromatic carbocycles. The van der Waals surface area contributed by atoms with Crippen molar-refractivity contribution in [3.05, 3.63) is 28.6 Å². The van der Waals surface area contributed by atoms with Crippen LogP contribution in [0.25, 0.3) is 12.3 Å². The van der Waals surface area contributed by atoms with Gasteiger partial charge in [-0.3, -0.25) is 9.80 Å². The van der Waals surface area contributed by atoms with E-state index in [1.165, 1.54) is 5.01 Å². The molecule has 118 valence electrons. The van der Waals surface area contributed by atoms with E-state index < -0.39 is 0 Å². The van der Waals surface area contributed by atoms with Gasteiger partial charge in [-0.1, -0.05) is 6.07 Å². The van der Waals surface area contributed by atoms with Gasteiger partial charge in [0, 0.05) is 17.3 Å². The molecule has 1 aliphatic heterocycles. The van der Waals surface area contributed by atoms with Crippen molar-refractivity contribution in [2.75, 3.05) is 6.61 Å². The quantitative estimate of drug-likeness (QED) is 0.369. The Labute approximate surface area is 128 Å².